The van der Waals surface area contributed by atoms with Gasteiger partial charge < -0.3 is 14.6 Å². The Labute approximate surface area is 96.0 Å². The summed E-state index contributed by atoms with van der Waals surface area (Å²) in [5.74, 6) is 0.907. The summed E-state index contributed by atoms with van der Waals surface area (Å²) in [6, 6.07) is 6.22. The topological polar surface area (TPSA) is 26.2 Å². The number of ether oxygens (including phenoxy) is 1. The molecule has 0 aliphatic rings. The van der Waals surface area contributed by atoms with Gasteiger partial charge in [0.1, 0.15) is 5.75 Å². The highest BCUT2D eigenvalue weighted by molar-refractivity contribution is 5.86. The van der Waals surface area contributed by atoms with Crippen LogP contribution in [0.1, 0.15) is 11.3 Å². The molecule has 3 heteroatoms. The van der Waals surface area contributed by atoms with Gasteiger partial charge in [-0.25, -0.2) is 0 Å². The van der Waals surface area contributed by atoms with E-state index in [0.717, 1.165) is 12.3 Å². The molecule has 0 amide bonds. The van der Waals surface area contributed by atoms with Crippen molar-refractivity contribution in [1.29, 1.82) is 0 Å². The number of aryl methyl sites for hydroxylation is 2. The number of nitrogens with zero attached hydrogens (tertiary/aromatic N) is 1. The van der Waals surface area contributed by atoms with E-state index in [1.54, 1.807) is 7.11 Å². The van der Waals surface area contributed by atoms with Crippen molar-refractivity contribution in [2.75, 3.05) is 14.2 Å². The van der Waals surface area contributed by atoms with Crippen molar-refractivity contribution in [2.24, 2.45) is 7.05 Å². The molecule has 86 valence electrons. The summed E-state index contributed by atoms with van der Waals surface area (Å²) in [7, 11) is 5.77. The summed E-state index contributed by atoms with van der Waals surface area (Å²) in [6.07, 6.45) is 0. The second kappa shape index (κ2) is 4.18. The van der Waals surface area contributed by atoms with Crippen molar-refractivity contribution in [1.82, 2.24) is 9.88 Å². The lowest BCUT2D eigenvalue weighted by Gasteiger charge is -2.04. The molecule has 0 spiro atoms. The lowest BCUT2D eigenvalue weighted by atomic mass is 10.1. The number of nitrogens with one attached hydrogen (secondary N) is 1. The van der Waals surface area contributed by atoms with Crippen LogP contribution < -0.4 is 10.1 Å². The second-order valence-electron chi connectivity index (χ2n) is 4.04. The molecular formula is C13H18N2O. The highest BCUT2D eigenvalue weighted by Crippen LogP contribution is 2.27. The van der Waals surface area contributed by atoms with Crippen LogP contribution in [-0.4, -0.2) is 18.7 Å². The maximum Gasteiger partial charge on any atom is 0.120 e. The molecule has 1 N–H and O–H groups in total. The Bertz CT molecular complexity index is 514. The van der Waals surface area contributed by atoms with Crippen LogP contribution in [0.25, 0.3) is 10.9 Å². The lowest BCUT2D eigenvalue weighted by Crippen LogP contribution is -2.10. The Morgan fingerprint density at radius 3 is 2.75 bits per heavy atom. The van der Waals surface area contributed by atoms with Gasteiger partial charge in [-0.1, -0.05) is 0 Å². The second-order valence-corrected chi connectivity index (χ2v) is 4.04. The first-order chi connectivity index (χ1) is 7.69. The van der Waals surface area contributed by atoms with Gasteiger partial charge in [-0.2, -0.15) is 0 Å². The minimum atomic E-state index is 0.888. The zero-order chi connectivity index (χ0) is 11.7. The Morgan fingerprint density at radius 1 is 1.38 bits per heavy atom. The molecule has 0 radical (unpaired) electrons. The van der Waals surface area contributed by atoms with E-state index in [4.69, 9.17) is 4.74 Å². The molecule has 3 nitrogen and oxygen atoms in total. The molecule has 16 heavy (non-hydrogen) atoms. The molecule has 1 heterocycles. The SMILES string of the molecule is CNCc1c(C)c2ccc(OC)cc2n1C. The quantitative estimate of drug-likeness (QED) is 0.855. The average molecular weight is 218 g/mol. The van der Waals surface area contributed by atoms with Crippen LogP contribution in [0.2, 0.25) is 0 Å². The van der Waals surface area contributed by atoms with E-state index in [2.05, 4.69) is 36.0 Å². The van der Waals surface area contributed by atoms with E-state index in [1.807, 2.05) is 13.1 Å². The van der Waals surface area contributed by atoms with Gasteiger partial charge in [-0.15, -0.1) is 0 Å². The molecule has 0 fully saturated rings. The van der Waals surface area contributed by atoms with Crippen molar-refractivity contribution in [3.05, 3.63) is 29.5 Å². The fourth-order valence-electron chi connectivity index (χ4n) is 2.20. The smallest absolute Gasteiger partial charge is 0.120 e. The van der Waals surface area contributed by atoms with Gasteiger partial charge in [0, 0.05) is 30.7 Å². The first-order valence-corrected chi connectivity index (χ1v) is 5.45. The number of fused-ring (bicyclic) bond motifs is 1. The average Bonchev–Trinajstić information content (AvgIpc) is 2.54. The molecule has 0 saturated heterocycles. The maximum atomic E-state index is 5.26. The molecule has 1 aromatic carbocycles. The third-order valence-corrected chi connectivity index (χ3v) is 3.15. The minimum Gasteiger partial charge on any atom is -0.497 e. The predicted molar refractivity (Wildman–Crippen MR) is 67.0 cm³/mol. The summed E-state index contributed by atoms with van der Waals surface area (Å²) in [5, 5.41) is 4.50. The molecule has 2 rings (SSSR count). The van der Waals surface area contributed by atoms with Gasteiger partial charge >= 0.3 is 0 Å². The van der Waals surface area contributed by atoms with Crippen molar-refractivity contribution in [3.8, 4) is 5.75 Å². The zero-order valence-corrected chi connectivity index (χ0v) is 10.3. The van der Waals surface area contributed by atoms with Gasteiger partial charge in [0.05, 0.1) is 12.6 Å². The van der Waals surface area contributed by atoms with Crippen molar-refractivity contribution < 1.29 is 4.74 Å². The highest BCUT2D eigenvalue weighted by atomic mass is 16.5. The maximum absolute atomic E-state index is 5.26. The van der Waals surface area contributed by atoms with Crippen LogP contribution in [0.15, 0.2) is 18.2 Å². The Morgan fingerprint density at radius 2 is 2.12 bits per heavy atom. The summed E-state index contributed by atoms with van der Waals surface area (Å²) in [5.41, 5.74) is 3.89. The van der Waals surface area contributed by atoms with E-state index in [1.165, 1.54) is 22.2 Å². The van der Waals surface area contributed by atoms with Crippen LogP contribution in [0.4, 0.5) is 0 Å². The summed E-state index contributed by atoms with van der Waals surface area (Å²) < 4.78 is 7.48. The van der Waals surface area contributed by atoms with Gasteiger partial charge in [-0.05, 0) is 31.7 Å². The Kier molecular flexibility index (Phi) is 2.88. The van der Waals surface area contributed by atoms with E-state index >= 15 is 0 Å². The number of benzene rings is 1. The number of methoxy groups -OCH3 is 1. The molecule has 2 aromatic rings. The van der Waals surface area contributed by atoms with Gasteiger partial charge in [-0.3, -0.25) is 0 Å². The minimum absolute atomic E-state index is 0.888. The molecule has 0 saturated carbocycles. The monoisotopic (exact) mass is 218 g/mol. The molecule has 1 aromatic heterocycles. The van der Waals surface area contributed by atoms with Crippen LogP contribution in [0, 0.1) is 6.92 Å². The molecule has 0 aliphatic carbocycles. The Hall–Kier alpha value is -1.48. The molecule has 0 bridgehead atoms. The van der Waals surface area contributed by atoms with Crippen molar-refractivity contribution >= 4 is 10.9 Å². The molecule has 0 atom stereocenters. The third kappa shape index (κ3) is 1.57. The largest absolute Gasteiger partial charge is 0.497 e. The fourth-order valence-corrected chi connectivity index (χ4v) is 2.20. The number of aromatic nitrogens is 1. The van der Waals surface area contributed by atoms with Gasteiger partial charge in [0.25, 0.3) is 0 Å². The highest BCUT2D eigenvalue weighted by Gasteiger charge is 2.11. The number of hydrogen-bond acceptors (Lipinski definition) is 2. The molecule has 0 unspecified atom stereocenters. The predicted octanol–water partition coefficient (Wildman–Crippen LogP) is 2.21. The van der Waals surface area contributed by atoms with E-state index in [0.29, 0.717) is 0 Å². The summed E-state index contributed by atoms with van der Waals surface area (Å²) in [4.78, 5) is 0. The van der Waals surface area contributed by atoms with E-state index < -0.39 is 0 Å². The molecular weight excluding hydrogens is 200 g/mol. The first-order valence-electron chi connectivity index (χ1n) is 5.45. The van der Waals surface area contributed by atoms with Gasteiger partial charge in [0.15, 0.2) is 0 Å². The fraction of sp³-hybridized carbons (Fsp3) is 0.385. The molecule has 0 aliphatic heterocycles. The Balaban J connectivity index is 2.67. The van der Waals surface area contributed by atoms with E-state index in [9.17, 15) is 0 Å². The normalized spacial score (nSPS) is 11.0. The summed E-state index contributed by atoms with van der Waals surface area (Å²) >= 11 is 0. The summed E-state index contributed by atoms with van der Waals surface area (Å²) in [6.45, 7) is 3.06. The van der Waals surface area contributed by atoms with Crippen molar-refractivity contribution in [3.63, 3.8) is 0 Å². The van der Waals surface area contributed by atoms with Crippen LogP contribution in [0.3, 0.4) is 0 Å². The first kappa shape index (κ1) is 11.0. The lowest BCUT2D eigenvalue weighted by molar-refractivity contribution is 0.415. The third-order valence-electron chi connectivity index (χ3n) is 3.15. The van der Waals surface area contributed by atoms with Crippen LogP contribution in [-0.2, 0) is 13.6 Å². The number of hydrogen-bond donors (Lipinski definition) is 1. The zero-order valence-electron chi connectivity index (χ0n) is 10.3. The van der Waals surface area contributed by atoms with Gasteiger partial charge in [0.2, 0.25) is 0 Å². The van der Waals surface area contributed by atoms with E-state index in [-0.39, 0.29) is 0 Å². The number of rotatable bonds is 3. The van der Waals surface area contributed by atoms with Crippen molar-refractivity contribution in [2.45, 2.75) is 13.5 Å². The van der Waals surface area contributed by atoms with Crippen LogP contribution >= 0.6 is 0 Å². The van der Waals surface area contributed by atoms with Crippen LogP contribution in [0.5, 0.6) is 5.75 Å². The standard InChI is InChI=1S/C13H18N2O/c1-9-11-6-5-10(16-4)7-12(11)15(3)13(9)8-14-2/h5-7,14H,8H2,1-4H3.